The maximum absolute atomic E-state index is 11.7. The van der Waals surface area contributed by atoms with E-state index in [1.807, 2.05) is 42.5 Å². The van der Waals surface area contributed by atoms with E-state index in [0.717, 1.165) is 11.3 Å². The second kappa shape index (κ2) is 10.4. The fraction of sp³-hybridized carbons (Fsp3) is 0.263. The summed E-state index contributed by atoms with van der Waals surface area (Å²) in [7, 11) is 0. The molecule has 0 heterocycles. The lowest BCUT2D eigenvalue weighted by atomic mass is 10.2. The van der Waals surface area contributed by atoms with Crippen molar-refractivity contribution >= 4 is 23.4 Å². The Morgan fingerprint density at radius 1 is 0.920 bits per heavy atom. The molecule has 2 aromatic carbocycles. The predicted octanol–water partition coefficient (Wildman–Crippen LogP) is 2.93. The number of amides is 2. The minimum Gasteiger partial charge on any atom is -0.494 e. The highest BCUT2D eigenvalue weighted by atomic mass is 35.5. The van der Waals surface area contributed by atoms with Crippen molar-refractivity contribution in [1.82, 2.24) is 10.6 Å². The van der Waals surface area contributed by atoms with Gasteiger partial charge in [0.1, 0.15) is 5.75 Å². The van der Waals surface area contributed by atoms with Crippen molar-refractivity contribution in [2.24, 2.45) is 0 Å². The molecule has 0 fully saturated rings. The van der Waals surface area contributed by atoms with Crippen LogP contribution in [0.25, 0.3) is 0 Å². The molecule has 2 aromatic rings. The van der Waals surface area contributed by atoms with E-state index in [1.54, 1.807) is 12.1 Å². The Labute approximate surface area is 152 Å². The van der Waals surface area contributed by atoms with Gasteiger partial charge in [-0.05, 0) is 36.2 Å². The Hall–Kier alpha value is -2.53. The highest BCUT2D eigenvalue weighted by molar-refractivity contribution is 6.30. The summed E-state index contributed by atoms with van der Waals surface area (Å²) in [6, 6.07) is 16.6. The molecule has 0 aliphatic rings. The summed E-state index contributed by atoms with van der Waals surface area (Å²) in [6.07, 6.45) is 0.907. The molecule has 2 N–H and O–H groups in total. The smallest absolute Gasteiger partial charge is 0.239 e. The first-order chi connectivity index (χ1) is 12.1. The molecule has 132 valence electrons. The molecule has 0 radical (unpaired) electrons. The van der Waals surface area contributed by atoms with Crippen LogP contribution in [0.5, 0.6) is 5.75 Å². The fourth-order valence-electron chi connectivity index (χ4n) is 2.07. The first-order valence-electron chi connectivity index (χ1n) is 8.09. The van der Waals surface area contributed by atoms with Gasteiger partial charge < -0.3 is 15.4 Å². The second-order valence-electron chi connectivity index (χ2n) is 5.44. The highest BCUT2D eigenvalue weighted by Crippen LogP contribution is 2.09. The summed E-state index contributed by atoms with van der Waals surface area (Å²) >= 11 is 5.80. The van der Waals surface area contributed by atoms with Crippen molar-refractivity contribution in [2.45, 2.75) is 19.4 Å². The number of ether oxygens (including phenoxy) is 1. The Morgan fingerprint density at radius 2 is 1.64 bits per heavy atom. The molecule has 0 saturated heterocycles. The van der Waals surface area contributed by atoms with Gasteiger partial charge in [0, 0.05) is 18.0 Å². The van der Waals surface area contributed by atoms with Crippen molar-refractivity contribution in [1.29, 1.82) is 0 Å². The molecule has 0 aromatic heterocycles. The molecule has 0 spiro atoms. The number of hydrogen-bond donors (Lipinski definition) is 2. The van der Waals surface area contributed by atoms with Gasteiger partial charge in [-0.3, -0.25) is 9.59 Å². The summed E-state index contributed by atoms with van der Waals surface area (Å²) in [4.78, 5) is 23.4. The molecule has 2 rings (SSSR count). The second-order valence-corrected chi connectivity index (χ2v) is 5.88. The van der Waals surface area contributed by atoms with Crippen molar-refractivity contribution in [3.63, 3.8) is 0 Å². The standard InChI is InChI=1S/C19H21ClN2O3/c20-16-10-8-15(9-11-16)13-21-19(24)14-22-18(23)7-4-12-25-17-5-2-1-3-6-17/h1-3,5-6,8-11H,4,7,12-14H2,(H,21,24)(H,22,23). The van der Waals surface area contributed by atoms with E-state index in [0.29, 0.717) is 31.0 Å². The molecule has 5 nitrogen and oxygen atoms in total. The van der Waals surface area contributed by atoms with E-state index >= 15 is 0 Å². The number of rotatable bonds is 9. The summed E-state index contributed by atoms with van der Waals surface area (Å²) in [5.74, 6) is 0.381. The van der Waals surface area contributed by atoms with E-state index < -0.39 is 0 Å². The average molecular weight is 361 g/mol. The number of nitrogens with one attached hydrogen (secondary N) is 2. The number of benzene rings is 2. The largest absolute Gasteiger partial charge is 0.494 e. The quantitative estimate of drug-likeness (QED) is 0.676. The molecule has 0 aliphatic carbocycles. The fourth-order valence-corrected chi connectivity index (χ4v) is 2.20. The zero-order valence-corrected chi connectivity index (χ0v) is 14.6. The topological polar surface area (TPSA) is 67.4 Å². The normalized spacial score (nSPS) is 10.1. The first-order valence-corrected chi connectivity index (χ1v) is 8.47. The Kier molecular flexibility index (Phi) is 7.79. The summed E-state index contributed by atoms with van der Waals surface area (Å²) in [5.41, 5.74) is 0.946. The molecular weight excluding hydrogens is 340 g/mol. The van der Waals surface area contributed by atoms with Gasteiger partial charge in [0.25, 0.3) is 0 Å². The lowest BCUT2D eigenvalue weighted by Crippen LogP contribution is -2.36. The third kappa shape index (κ3) is 7.72. The zero-order valence-electron chi connectivity index (χ0n) is 13.8. The van der Waals surface area contributed by atoms with E-state index in [-0.39, 0.29) is 18.4 Å². The van der Waals surface area contributed by atoms with E-state index in [2.05, 4.69) is 10.6 Å². The summed E-state index contributed by atoms with van der Waals surface area (Å²) < 4.78 is 5.51. The van der Waals surface area contributed by atoms with Crippen molar-refractivity contribution in [3.05, 3.63) is 65.2 Å². The van der Waals surface area contributed by atoms with Crippen LogP contribution in [0, 0.1) is 0 Å². The lowest BCUT2D eigenvalue weighted by Gasteiger charge is -2.08. The van der Waals surface area contributed by atoms with Crippen molar-refractivity contribution in [2.75, 3.05) is 13.2 Å². The molecule has 0 saturated carbocycles. The number of carbonyl (C=O) groups is 2. The zero-order chi connectivity index (χ0) is 17.9. The monoisotopic (exact) mass is 360 g/mol. The van der Waals surface area contributed by atoms with Crippen LogP contribution in [-0.2, 0) is 16.1 Å². The third-order valence-electron chi connectivity index (χ3n) is 3.41. The van der Waals surface area contributed by atoms with E-state index in [9.17, 15) is 9.59 Å². The number of hydrogen-bond acceptors (Lipinski definition) is 3. The van der Waals surface area contributed by atoms with Crippen LogP contribution in [-0.4, -0.2) is 25.0 Å². The van der Waals surface area contributed by atoms with Gasteiger partial charge >= 0.3 is 0 Å². The van der Waals surface area contributed by atoms with Crippen LogP contribution in [0.1, 0.15) is 18.4 Å². The van der Waals surface area contributed by atoms with Gasteiger partial charge in [-0.15, -0.1) is 0 Å². The SMILES string of the molecule is O=C(CCCOc1ccccc1)NCC(=O)NCc1ccc(Cl)cc1. The first kappa shape index (κ1) is 18.8. The van der Waals surface area contributed by atoms with Crippen molar-refractivity contribution < 1.29 is 14.3 Å². The maximum Gasteiger partial charge on any atom is 0.239 e. The van der Waals surface area contributed by atoms with Crippen LogP contribution in [0.15, 0.2) is 54.6 Å². The van der Waals surface area contributed by atoms with E-state index in [1.165, 1.54) is 0 Å². The number of carbonyl (C=O) groups excluding carboxylic acids is 2. The maximum atomic E-state index is 11.7. The third-order valence-corrected chi connectivity index (χ3v) is 3.66. The summed E-state index contributed by atoms with van der Waals surface area (Å²) in [5, 5.41) is 5.99. The minimum absolute atomic E-state index is 0.0357. The van der Waals surface area contributed by atoms with Crippen LogP contribution in [0.4, 0.5) is 0 Å². The molecule has 25 heavy (non-hydrogen) atoms. The lowest BCUT2D eigenvalue weighted by molar-refractivity contribution is -0.126. The van der Waals surface area contributed by atoms with Gasteiger partial charge in [0.2, 0.25) is 11.8 Å². The van der Waals surface area contributed by atoms with Gasteiger partial charge in [-0.25, -0.2) is 0 Å². The van der Waals surface area contributed by atoms with E-state index in [4.69, 9.17) is 16.3 Å². The summed E-state index contributed by atoms with van der Waals surface area (Å²) in [6.45, 7) is 0.822. The Morgan fingerprint density at radius 3 is 2.36 bits per heavy atom. The average Bonchev–Trinajstić information content (AvgIpc) is 2.64. The molecule has 2 amide bonds. The van der Waals surface area contributed by atoms with Gasteiger partial charge in [-0.2, -0.15) is 0 Å². The van der Waals surface area contributed by atoms with Crippen LogP contribution < -0.4 is 15.4 Å². The Balaban J connectivity index is 1.54. The molecule has 0 atom stereocenters. The van der Waals surface area contributed by atoms with Crippen LogP contribution >= 0.6 is 11.6 Å². The highest BCUT2D eigenvalue weighted by Gasteiger charge is 2.05. The van der Waals surface area contributed by atoms with Gasteiger partial charge in [0.05, 0.1) is 13.2 Å². The minimum atomic E-state index is -0.233. The van der Waals surface area contributed by atoms with Gasteiger partial charge in [-0.1, -0.05) is 41.9 Å². The molecule has 0 unspecified atom stereocenters. The van der Waals surface area contributed by atoms with Crippen LogP contribution in [0.3, 0.4) is 0 Å². The molecular formula is C19H21ClN2O3. The number of para-hydroxylation sites is 1. The van der Waals surface area contributed by atoms with Crippen molar-refractivity contribution in [3.8, 4) is 5.75 Å². The molecule has 6 heteroatoms. The Bertz CT molecular complexity index is 675. The number of halogens is 1. The van der Waals surface area contributed by atoms with Crippen LogP contribution in [0.2, 0.25) is 5.02 Å². The molecule has 0 aliphatic heterocycles. The predicted molar refractivity (Wildman–Crippen MR) is 97.5 cm³/mol. The molecule has 0 bridgehead atoms. The van der Waals surface area contributed by atoms with Gasteiger partial charge in [0.15, 0.2) is 0 Å².